The summed E-state index contributed by atoms with van der Waals surface area (Å²) in [6, 6.07) is 5.03. The van der Waals surface area contributed by atoms with Crippen LogP contribution in [0.15, 0.2) is 47.7 Å². The smallest absolute Gasteiger partial charge is 0.410 e. The van der Waals surface area contributed by atoms with E-state index in [4.69, 9.17) is 4.74 Å². The van der Waals surface area contributed by atoms with E-state index in [9.17, 15) is 19.2 Å². The molecule has 40 heavy (non-hydrogen) atoms. The number of aromatic nitrogens is 4. The molecule has 2 N–H and O–H groups in total. The molecule has 0 aliphatic heterocycles. The fraction of sp³-hybridized carbons (Fsp3) is 0.429. The van der Waals surface area contributed by atoms with Gasteiger partial charge in [-0.2, -0.15) is 0 Å². The van der Waals surface area contributed by atoms with Crippen LogP contribution in [0.3, 0.4) is 0 Å². The zero-order valence-corrected chi connectivity index (χ0v) is 23.8. The molecule has 3 aromatic rings. The Balaban J connectivity index is 1.77. The molecule has 214 valence electrons. The molecule has 3 aromatic heterocycles. The number of amides is 3. The highest BCUT2D eigenvalue weighted by Gasteiger charge is 2.24. The van der Waals surface area contributed by atoms with E-state index in [0.29, 0.717) is 12.3 Å². The van der Waals surface area contributed by atoms with Crippen LogP contribution in [0.5, 0.6) is 0 Å². The van der Waals surface area contributed by atoms with Gasteiger partial charge in [0.1, 0.15) is 12.0 Å². The number of likely N-dealkylation sites (N-methyl/N-ethyl adjacent to an activating group) is 1. The van der Waals surface area contributed by atoms with Gasteiger partial charge in [0, 0.05) is 40.1 Å². The van der Waals surface area contributed by atoms with Crippen LogP contribution in [0.25, 0.3) is 11.0 Å². The number of nitrogens with zero attached hydrogens (tertiary/aromatic N) is 5. The molecular formula is C28H37N7O5. The lowest BCUT2D eigenvalue weighted by Crippen LogP contribution is -2.37. The number of carbonyl (C=O) groups excluding carboxylic acids is 3. The number of rotatable bonds is 11. The second-order valence-corrected chi connectivity index (χ2v) is 10.3. The molecule has 0 spiro atoms. The minimum absolute atomic E-state index is 0.0492. The Kier molecular flexibility index (Phi) is 10.2. The third kappa shape index (κ3) is 8.01. The summed E-state index contributed by atoms with van der Waals surface area (Å²) in [4.78, 5) is 65.0. The van der Waals surface area contributed by atoms with Crippen molar-refractivity contribution in [3.8, 4) is 0 Å². The number of anilines is 1. The lowest BCUT2D eigenvalue weighted by molar-refractivity contribution is -0.125. The highest BCUT2D eigenvalue weighted by molar-refractivity contribution is 5.95. The first kappa shape index (κ1) is 30.1. The lowest BCUT2D eigenvalue weighted by atomic mass is 10.1. The van der Waals surface area contributed by atoms with Crippen LogP contribution in [-0.2, 0) is 27.3 Å². The molecule has 0 saturated heterocycles. The van der Waals surface area contributed by atoms with Crippen LogP contribution in [0.1, 0.15) is 38.1 Å². The van der Waals surface area contributed by atoms with Gasteiger partial charge in [-0.15, -0.1) is 0 Å². The maximum atomic E-state index is 13.2. The van der Waals surface area contributed by atoms with E-state index in [1.165, 1.54) is 46.9 Å². The Morgan fingerprint density at radius 2 is 1.90 bits per heavy atom. The van der Waals surface area contributed by atoms with Gasteiger partial charge in [-0.1, -0.05) is 19.9 Å². The van der Waals surface area contributed by atoms with Crippen molar-refractivity contribution < 1.29 is 19.1 Å². The van der Waals surface area contributed by atoms with Gasteiger partial charge in [0.05, 0.1) is 23.3 Å². The van der Waals surface area contributed by atoms with Crippen molar-refractivity contribution in [3.05, 3.63) is 64.6 Å². The predicted molar refractivity (Wildman–Crippen MR) is 152 cm³/mol. The van der Waals surface area contributed by atoms with E-state index in [-0.39, 0.29) is 24.6 Å². The molecule has 12 nitrogen and oxygen atoms in total. The minimum Gasteiger partial charge on any atom is -0.436 e. The largest absolute Gasteiger partial charge is 0.436 e. The van der Waals surface area contributed by atoms with Gasteiger partial charge in [0.15, 0.2) is 6.10 Å². The van der Waals surface area contributed by atoms with E-state index in [0.717, 1.165) is 28.8 Å². The number of hydrogen-bond acceptors (Lipinski definition) is 7. The molecule has 0 saturated carbocycles. The maximum absolute atomic E-state index is 13.2. The highest BCUT2D eigenvalue weighted by atomic mass is 16.6. The van der Waals surface area contributed by atoms with Crippen LogP contribution < -0.4 is 10.9 Å². The van der Waals surface area contributed by atoms with E-state index >= 15 is 0 Å². The van der Waals surface area contributed by atoms with Gasteiger partial charge < -0.3 is 29.4 Å². The van der Waals surface area contributed by atoms with Crippen LogP contribution in [0, 0.1) is 5.92 Å². The normalized spacial score (nSPS) is 12.1. The van der Waals surface area contributed by atoms with E-state index < -0.39 is 23.7 Å². The van der Waals surface area contributed by atoms with Crippen molar-refractivity contribution in [2.24, 2.45) is 5.92 Å². The van der Waals surface area contributed by atoms with E-state index in [1.807, 2.05) is 6.07 Å². The first-order chi connectivity index (χ1) is 19.0. The van der Waals surface area contributed by atoms with E-state index in [1.54, 1.807) is 32.4 Å². The van der Waals surface area contributed by atoms with Crippen molar-refractivity contribution in [1.29, 1.82) is 0 Å². The monoisotopic (exact) mass is 551 g/mol. The SMILES string of the molecule is CC(C)Cc1ncnc2cc(Cn3cccc(NC(=O)[C@H](CC/C=C/C(=O)N(C)C)OC(=O)N(C)C)c3=O)[nH]c12. The summed E-state index contributed by atoms with van der Waals surface area (Å²) in [6.45, 7) is 4.46. The summed E-state index contributed by atoms with van der Waals surface area (Å²) in [5.74, 6) is -0.420. The molecule has 0 aromatic carbocycles. The molecule has 0 unspecified atom stereocenters. The number of allylic oxidation sites excluding steroid dienone is 1. The first-order valence-electron chi connectivity index (χ1n) is 13.0. The molecule has 0 bridgehead atoms. The fourth-order valence-corrected chi connectivity index (χ4v) is 3.88. The van der Waals surface area contributed by atoms with Gasteiger partial charge in [-0.25, -0.2) is 14.8 Å². The van der Waals surface area contributed by atoms with Crippen molar-refractivity contribution in [3.63, 3.8) is 0 Å². The molecule has 0 aliphatic rings. The number of nitrogens with one attached hydrogen (secondary N) is 2. The summed E-state index contributed by atoms with van der Waals surface area (Å²) in [5.41, 5.74) is 2.92. The third-order valence-corrected chi connectivity index (χ3v) is 5.97. The van der Waals surface area contributed by atoms with Crippen molar-refractivity contribution >= 4 is 34.6 Å². The van der Waals surface area contributed by atoms with Gasteiger partial charge in [-0.3, -0.25) is 14.4 Å². The molecule has 3 amide bonds. The summed E-state index contributed by atoms with van der Waals surface area (Å²) in [6.07, 6.45) is 5.51. The molecule has 0 fully saturated rings. The van der Waals surface area contributed by atoms with Gasteiger partial charge in [0.2, 0.25) is 5.91 Å². The highest BCUT2D eigenvalue weighted by Crippen LogP contribution is 2.19. The number of carbonyl (C=O) groups is 3. The van der Waals surface area contributed by atoms with Gasteiger partial charge in [-0.05, 0) is 49.5 Å². The van der Waals surface area contributed by atoms with Crippen molar-refractivity contribution in [2.75, 3.05) is 33.5 Å². The average Bonchev–Trinajstić information content (AvgIpc) is 3.31. The number of hydrogen-bond donors (Lipinski definition) is 2. The third-order valence-electron chi connectivity index (χ3n) is 5.97. The molecule has 0 aliphatic carbocycles. The second kappa shape index (κ2) is 13.5. The predicted octanol–water partition coefficient (Wildman–Crippen LogP) is 2.80. The molecule has 3 rings (SSSR count). The molecular weight excluding hydrogens is 514 g/mol. The van der Waals surface area contributed by atoms with Crippen LogP contribution in [-0.4, -0.2) is 81.5 Å². The van der Waals surface area contributed by atoms with Crippen LogP contribution in [0.4, 0.5) is 10.5 Å². The zero-order chi connectivity index (χ0) is 29.4. The Hall–Kier alpha value is -4.48. The fourth-order valence-electron chi connectivity index (χ4n) is 3.88. The maximum Gasteiger partial charge on any atom is 0.410 e. The number of fused-ring (bicyclic) bond motifs is 1. The van der Waals surface area contributed by atoms with Crippen molar-refractivity contribution in [1.82, 2.24) is 29.3 Å². The van der Waals surface area contributed by atoms with E-state index in [2.05, 4.69) is 34.1 Å². The quantitative estimate of drug-likeness (QED) is 0.349. The second-order valence-electron chi connectivity index (χ2n) is 10.3. The van der Waals surface area contributed by atoms with Crippen molar-refractivity contribution in [2.45, 2.75) is 45.8 Å². The summed E-state index contributed by atoms with van der Waals surface area (Å²) in [5, 5.41) is 2.61. The Bertz CT molecular complexity index is 1440. The molecule has 12 heteroatoms. The van der Waals surface area contributed by atoms with Gasteiger partial charge >= 0.3 is 6.09 Å². The van der Waals surface area contributed by atoms with Gasteiger partial charge in [0.25, 0.3) is 11.5 Å². The molecule has 0 radical (unpaired) electrons. The van der Waals surface area contributed by atoms with Crippen LogP contribution in [0.2, 0.25) is 0 Å². The lowest BCUT2D eigenvalue weighted by Gasteiger charge is -2.19. The first-order valence-corrected chi connectivity index (χ1v) is 13.0. The summed E-state index contributed by atoms with van der Waals surface area (Å²) >= 11 is 0. The number of ether oxygens (including phenoxy) is 1. The number of aromatic amines is 1. The average molecular weight is 552 g/mol. The Morgan fingerprint density at radius 1 is 1.15 bits per heavy atom. The zero-order valence-electron chi connectivity index (χ0n) is 23.8. The Morgan fingerprint density at radius 3 is 2.58 bits per heavy atom. The van der Waals surface area contributed by atoms with Crippen LogP contribution >= 0.6 is 0 Å². The molecule has 1 atom stereocenters. The Labute approximate surface area is 233 Å². The number of pyridine rings is 1. The minimum atomic E-state index is -1.17. The summed E-state index contributed by atoms with van der Waals surface area (Å²) in [7, 11) is 6.27. The standard InChI is InChI=1S/C28H37N7O5/c1-18(2)14-21-25-22(30-17-29-21)15-19(31-25)16-35-13-9-10-20(27(35)38)32-26(37)23(40-28(39)34(5)6)11-7-8-12-24(36)33(3)4/h8-10,12-13,15,17-18,23,31H,7,11,14,16H2,1-6H3,(H,32,37)/b12-8+/t23-/m0/s1. The molecule has 3 heterocycles. The summed E-state index contributed by atoms with van der Waals surface area (Å²) < 4.78 is 6.82. The number of H-pyrrole nitrogens is 1. The topological polar surface area (TPSA) is 143 Å².